The second kappa shape index (κ2) is 12.9. The van der Waals surface area contributed by atoms with Gasteiger partial charge < -0.3 is 18.5 Å². The Hall–Kier alpha value is -7.82. The molecule has 0 fully saturated rings. The Morgan fingerprint density at radius 2 is 0.845 bits per heavy atom. The van der Waals surface area contributed by atoms with Gasteiger partial charge >= 0.3 is 0 Å². The van der Waals surface area contributed by atoms with Crippen LogP contribution >= 0.6 is 0 Å². The van der Waals surface area contributed by atoms with E-state index >= 15 is 0 Å². The smallest absolute Gasteiger partial charge is 0.136 e. The van der Waals surface area contributed by atoms with Crippen molar-refractivity contribution in [3.05, 3.63) is 212 Å². The first-order valence-electron chi connectivity index (χ1n) is 19.8. The molecule has 58 heavy (non-hydrogen) atoms. The van der Waals surface area contributed by atoms with Gasteiger partial charge in [0.2, 0.25) is 0 Å². The van der Waals surface area contributed by atoms with Gasteiger partial charge in [0.1, 0.15) is 11.2 Å². The zero-order valence-electron chi connectivity index (χ0n) is 31.5. The summed E-state index contributed by atoms with van der Waals surface area (Å²) in [5.41, 5.74) is 14.4. The molecule has 12 aromatic rings. The molecule has 4 heteroatoms. The van der Waals surface area contributed by atoms with Gasteiger partial charge in [-0.2, -0.15) is 0 Å². The Morgan fingerprint density at radius 1 is 0.293 bits per heavy atom. The van der Waals surface area contributed by atoms with E-state index in [2.05, 4.69) is 220 Å². The number of para-hydroxylation sites is 5. The van der Waals surface area contributed by atoms with Crippen molar-refractivity contribution in [3.63, 3.8) is 0 Å². The normalized spacial score (nSPS) is 11.8. The second-order valence-electron chi connectivity index (χ2n) is 15.0. The van der Waals surface area contributed by atoms with E-state index < -0.39 is 0 Å². The fourth-order valence-electron chi connectivity index (χ4n) is 9.05. The summed E-state index contributed by atoms with van der Waals surface area (Å²) in [5, 5.41) is 7.05. The largest absolute Gasteiger partial charge is 0.456 e. The fraction of sp³-hybridized carbons (Fsp3) is 0. The van der Waals surface area contributed by atoms with Crippen LogP contribution in [0.15, 0.2) is 217 Å². The van der Waals surface area contributed by atoms with Crippen LogP contribution in [-0.2, 0) is 0 Å². The molecule has 0 N–H and O–H groups in total. The summed E-state index contributed by atoms with van der Waals surface area (Å²) in [6.45, 7) is 0. The second-order valence-corrected chi connectivity index (χ2v) is 15.0. The van der Waals surface area contributed by atoms with Gasteiger partial charge in [-0.05, 0) is 108 Å². The van der Waals surface area contributed by atoms with Crippen molar-refractivity contribution in [1.82, 2.24) is 9.13 Å². The van der Waals surface area contributed by atoms with Crippen molar-refractivity contribution in [2.24, 2.45) is 0 Å². The number of anilines is 3. The number of furan rings is 1. The van der Waals surface area contributed by atoms with Gasteiger partial charge in [0.25, 0.3) is 0 Å². The minimum absolute atomic E-state index is 0.889. The van der Waals surface area contributed by atoms with E-state index in [1.807, 2.05) is 6.07 Å². The van der Waals surface area contributed by atoms with Gasteiger partial charge in [0, 0.05) is 60.8 Å². The Balaban J connectivity index is 1.04. The summed E-state index contributed by atoms with van der Waals surface area (Å²) in [7, 11) is 0. The molecular formula is C54H35N3O. The van der Waals surface area contributed by atoms with E-state index in [1.54, 1.807) is 0 Å². The zero-order valence-corrected chi connectivity index (χ0v) is 31.5. The number of benzene rings is 9. The molecule has 0 aliphatic carbocycles. The Bertz CT molecular complexity index is 3450. The van der Waals surface area contributed by atoms with Crippen LogP contribution in [0.1, 0.15) is 0 Å². The maximum Gasteiger partial charge on any atom is 0.136 e. The minimum atomic E-state index is 0.889. The van der Waals surface area contributed by atoms with E-state index in [9.17, 15) is 0 Å². The molecule has 0 amide bonds. The van der Waals surface area contributed by atoms with E-state index in [1.165, 1.54) is 32.9 Å². The molecule has 0 aliphatic heterocycles. The van der Waals surface area contributed by atoms with Gasteiger partial charge in [-0.25, -0.2) is 0 Å². The van der Waals surface area contributed by atoms with Crippen molar-refractivity contribution >= 4 is 82.6 Å². The van der Waals surface area contributed by atoms with Gasteiger partial charge in [-0.15, -0.1) is 0 Å². The standard InChI is InChI=1S/C54H35N3O/c1-4-14-38(15-5-1)55(39-16-6-2-7-17-39)42-29-31-50-46(33-42)47-35-54-48(45-21-11-13-23-53(45)58-54)34-52(47)57(50)41-27-24-36(25-28-41)37-26-30-44-43-20-10-12-22-49(43)56(51(44)32-37)40-18-8-3-9-19-40/h1-35H. The van der Waals surface area contributed by atoms with Crippen molar-refractivity contribution in [3.8, 4) is 22.5 Å². The Morgan fingerprint density at radius 3 is 1.59 bits per heavy atom. The Labute approximate surface area is 334 Å². The molecule has 0 unspecified atom stereocenters. The summed E-state index contributed by atoms with van der Waals surface area (Å²) in [6.07, 6.45) is 0. The minimum Gasteiger partial charge on any atom is -0.456 e. The SMILES string of the molecule is c1ccc(N(c2ccccc2)c2ccc3c(c2)c2cc4oc5ccccc5c4cc2n3-c2ccc(-c3ccc4c5ccccc5n(-c5ccccc5)c4c3)cc2)cc1. The molecule has 0 radical (unpaired) electrons. The monoisotopic (exact) mass is 741 g/mol. The van der Waals surface area contributed by atoms with Crippen LogP contribution in [-0.4, -0.2) is 9.13 Å². The quantitative estimate of drug-likeness (QED) is 0.170. The molecule has 3 aromatic heterocycles. The van der Waals surface area contributed by atoms with E-state index in [4.69, 9.17) is 4.42 Å². The van der Waals surface area contributed by atoms with Crippen LogP contribution in [0.3, 0.4) is 0 Å². The van der Waals surface area contributed by atoms with Gasteiger partial charge in [0.15, 0.2) is 0 Å². The highest BCUT2D eigenvalue weighted by Crippen LogP contribution is 2.42. The van der Waals surface area contributed by atoms with Crippen LogP contribution in [0.4, 0.5) is 17.1 Å². The highest BCUT2D eigenvalue weighted by Gasteiger charge is 2.20. The lowest BCUT2D eigenvalue weighted by Crippen LogP contribution is -2.09. The third-order valence-corrected chi connectivity index (χ3v) is 11.7. The van der Waals surface area contributed by atoms with Crippen LogP contribution < -0.4 is 4.90 Å². The van der Waals surface area contributed by atoms with Gasteiger partial charge in [-0.3, -0.25) is 0 Å². The van der Waals surface area contributed by atoms with Crippen molar-refractivity contribution < 1.29 is 4.42 Å². The summed E-state index contributed by atoms with van der Waals surface area (Å²) < 4.78 is 11.3. The zero-order chi connectivity index (χ0) is 38.2. The number of fused-ring (bicyclic) bond motifs is 9. The third kappa shape index (κ3) is 5.02. The van der Waals surface area contributed by atoms with Gasteiger partial charge in [-0.1, -0.05) is 115 Å². The summed E-state index contributed by atoms with van der Waals surface area (Å²) in [6, 6.07) is 76.2. The molecule has 272 valence electrons. The highest BCUT2D eigenvalue weighted by molar-refractivity contribution is 6.18. The van der Waals surface area contributed by atoms with E-state index in [0.717, 1.165) is 72.2 Å². The fourth-order valence-corrected chi connectivity index (χ4v) is 9.05. The lowest BCUT2D eigenvalue weighted by atomic mass is 10.0. The average molecular weight is 742 g/mol. The van der Waals surface area contributed by atoms with Gasteiger partial charge in [0.05, 0.1) is 22.1 Å². The van der Waals surface area contributed by atoms with E-state index in [0.29, 0.717) is 0 Å². The molecule has 3 heterocycles. The summed E-state index contributed by atoms with van der Waals surface area (Å²) >= 11 is 0. The van der Waals surface area contributed by atoms with Crippen LogP contribution in [0, 0.1) is 0 Å². The molecule has 12 rings (SSSR count). The molecule has 4 nitrogen and oxygen atoms in total. The number of hydrogen-bond donors (Lipinski definition) is 0. The lowest BCUT2D eigenvalue weighted by Gasteiger charge is -2.25. The number of hydrogen-bond acceptors (Lipinski definition) is 2. The number of aromatic nitrogens is 2. The molecule has 0 bridgehead atoms. The predicted molar refractivity (Wildman–Crippen MR) is 243 cm³/mol. The highest BCUT2D eigenvalue weighted by atomic mass is 16.3. The molecular weight excluding hydrogens is 707 g/mol. The molecule has 0 saturated heterocycles. The predicted octanol–water partition coefficient (Wildman–Crippen LogP) is 14.9. The first kappa shape index (κ1) is 32.4. The van der Waals surface area contributed by atoms with Crippen LogP contribution in [0.25, 0.3) is 88.1 Å². The first-order valence-corrected chi connectivity index (χ1v) is 19.8. The Kier molecular flexibility index (Phi) is 7.20. The lowest BCUT2D eigenvalue weighted by molar-refractivity contribution is 0.669. The van der Waals surface area contributed by atoms with E-state index in [-0.39, 0.29) is 0 Å². The first-order chi connectivity index (χ1) is 28.8. The molecule has 0 aliphatic rings. The maximum atomic E-state index is 6.47. The third-order valence-electron chi connectivity index (χ3n) is 11.7. The summed E-state index contributed by atoms with van der Waals surface area (Å²) in [5.74, 6) is 0. The van der Waals surface area contributed by atoms with Crippen molar-refractivity contribution in [2.45, 2.75) is 0 Å². The molecule has 0 spiro atoms. The molecule has 0 atom stereocenters. The molecule has 9 aromatic carbocycles. The summed E-state index contributed by atoms with van der Waals surface area (Å²) in [4.78, 5) is 2.32. The van der Waals surface area contributed by atoms with Crippen molar-refractivity contribution in [2.75, 3.05) is 4.90 Å². The van der Waals surface area contributed by atoms with Crippen LogP contribution in [0.5, 0.6) is 0 Å². The number of rotatable bonds is 6. The van der Waals surface area contributed by atoms with Crippen molar-refractivity contribution in [1.29, 1.82) is 0 Å². The average Bonchev–Trinajstić information content (AvgIpc) is 3.93. The van der Waals surface area contributed by atoms with Crippen LogP contribution in [0.2, 0.25) is 0 Å². The number of nitrogens with zero attached hydrogens (tertiary/aromatic N) is 3. The maximum absolute atomic E-state index is 6.47. The topological polar surface area (TPSA) is 26.2 Å². The molecule has 0 saturated carbocycles.